The van der Waals surface area contributed by atoms with Crippen molar-refractivity contribution < 1.29 is 4.79 Å². The Morgan fingerprint density at radius 1 is 1.14 bits per heavy atom. The van der Waals surface area contributed by atoms with Crippen molar-refractivity contribution in [3.63, 3.8) is 0 Å². The maximum Gasteiger partial charge on any atom is 0.319 e. The number of aromatic nitrogens is 1. The van der Waals surface area contributed by atoms with E-state index in [0.29, 0.717) is 6.54 Å². The third-order valence-electron chi connectivity index (χ3n) is 5.69. The molecule has 3 aromatic rings. The molecule has 150 valence electrons. The van der Waals surface area contributed by atoms with Crippen LogP contribution in [0.3, 0.4) is 0 Å². The van der Waals surface area contributed by atoms with Gasteiger partial charge in [0.2, 0.25) is 0 Å². The summed E-state index contributed by atoms with van der Waals surface area (Å²) in [7, 11) is 0. The zero-order chi connectivity index (χ0) is 20.2. The van der Waals surface area contributed by atoms with Crippen LogP contribution in [0, 0.1) is 12.8 Å². The molecule has 0 aliphatic carbocycles. The summed E-state index contributed by atoms with van der Waals surface area (Å²) in [5, 5.41) is 7.92. The molecule has 0 spiro atoms. The van der Waals surface area contributed by atoms with Crippen LogP contribution in [-0.2, 0) is 6.54 Å². The van der Waals surface area contributed by atoms with E-state index in [9.17, 15) is 4.79 Å². The van der Waals surface area contributed by atoms with Gasteiger partial charge in [-0.25, -0.2) is 4.79 Å². The lowest BCUT2D eigenvalue weighted by molar-refractivity contribution is 0.252. The summed E-state index contributed by atoms with van der Waals surface area (Å²) in [6.07, 6.45) is 4.35. The smallest absolute Gasteiger partial charge is 0.319 e. The highest BCUT2D eigenvalue weighted by molar-refractivity contribution is 6.01. The number of nitrogens with zero attached hydrogens (tertiary/aromatic N) is 2. The summed E-state index contributed by atoms with van der Waals surface area (Å²) >= 11 is 0. The Morgan fingerprint density at radius 2 is 1.90 bits per heavy atom. The van der Waals surface area contributed by atoms with Crippen LogP contribution in [0.2, 0.25) is 0 Å². The number of hydrogen-bond acceptors (Lipinski definition) is 3. The van der Waals surface area contributed by atoms with Crippen molar-refractivity contribution in [3.05, 3.63) is 66.0 Å². The lowest BCUT2D eigenvalue weighted by Gasteiger charge is -2.32. The van der Waals surface area contributed by atoms with E-state index in [4.69, 9.17) is 0 Å². The number of anilines is 2. The predicted octanol–water partition coefficient (Wildman–Crippen LogP) is 5.10. The largest absolute Gasteiger partial charge is 0.372 e. The van der Waals surface area contributed by atoms with E-state index in [0.717, 1.165) is 46.7 Å². The van der Waals surface area contributed by atoms with Gasteiger partial charge in [-0.05, 0) is 55.5 Å². The van der Waals surface area contributed by atoms with E-state index in [1.54, 1.807) is 0 Å². The zero-order valence-electron chi connectivity index (χ0n) is 17.1. The minimum atomic E-state index is -0.207. The molecule has 0 unspecified atom stereocenters. The van der Waals surface area contributed by atoms with Crippen LogP contribution in [0.15, 0.2) is 54.7 Å². The molecule has 1 aliphatic rings. The van der Waals surface area contributed by atoms with Crippen molar-refractivity contribution in [2.45, 2.75) is 33.2 Å². The molecule has 0 atom stereocenters. The monoisotopic (exact) mass is 388 g/mol. The standard InChI is InChI=1S/C24H28N4O/c1-17-10-12-28(13-11-17)21-8-6-19(7-9-21)15-26-24(29)27-23-5-3-4-20-16-25-18(2)14-22(20)23/h3-9,14,16-17H,10-13,15H2,1-2H3,(H2,26,27,29). The number of carbonyl (C=O) groups is 1. The molecule has 4 rings (SSSR count). The van der Waals surface area contributed by atoms with Gasteiger partial charge in [0.05, 0.1) is 5.69 Å². The molecule has 2 amide bonds. The number of amides is 2. The molecule has 0 radical (unpaired) electrons. The Bertz CT molecular complexity index is 991. The SMILES string of the molecule is Cc1cc2c(NC(=O)NCc3ccc(N4CCC(C)CC4)cc3)cccc2cn1. The molecular weight excluding hydrogens is 360 g/mol. The van der Waals surface area contributed by atoms with Crippen molar-refractivity contribution >= 4 is 28.2 Å². The molecule has 1 fully saturated rings. The fourth-order valence-electron chi connectivity index (χ4n) is 3.82. The van der Waals surface area contributed by atoms with Gasteiger partial charge in [0.1, 0.15) is 0 Å². The number of carbonyl (C=O) groups excluding carboxylic acids is 1. The van der Waals surface area contributed by atoms with Gasteiger partial charge in [-0.2, -0.15) is 0 Å². The fourth-order valence-corrected chi connectivity index (χ4v) is 3.82. The minimum absolute atomic E-state index is 0.207. The van der Waals surface area contributed by atoms with Crippen LogP contribution in [0.4, 0.5) is 16.2 Å². The molecular formula is C24H28N4O. The predicted molar refractivity (Wildman–Crippen MR) is 119 cm³/mol. The second kappa shape index (κ2) is 8.52. The number of piperidine rings is 1. The van der Waals surface area contributed by atoms with E-state index in [1.165, 1.54) is 18.5 Å². The lowest BCUT2D eigenvalue weighted by Crippen LogP contribution is -2.32. The van der Waals surface area contributed by atoms with Crippen LogP contribution in [0.1, 0.15) is 31.0 Å². The van der Waals surface area contributed by atoms with Gasteiger partial charge in [0, 0.05) is 48.0 Å². The summed E-state index contributed by atoms with van der Waals surface area (Å²) in [6, 6.07) is 16.1. The van der Waals surface area contributed by atoms with Crippen LogP contribution in [0.5, 0.6) is 0 Å². The van der Waals surface area contributed by atoms with E-state index < -0.39 is 0 Å². The molecule has 29 heavy (non-hydrogen) atoms. The first-order chi connectivity index (χ1) is 14.1. The fraction of sp³-hybridized carbons (Fsp3) is 0.333. The van der Waals surface area contributed by atoms with E-state index in [1.807, 2.05) is 37.4 Å². The molecule has 2 N–H and O–H groups in total. The number of pyridine rings is 1. The van der Waals surface area contributed by atoms with Gasteiger partial charge in [-0.15, -0.1) is 0 Å². The minimum Gasteiger partial charge on any atom is -0.372 e. The third kappa shape index (κ3) is 4.67. The highest BCUT2D eigenvalue weighted by Crippen LogP contribution is 2.24. The van der Waals surface area contributed by atoms with Gasteiger partial charge < -0.3 is 15.5 Å². The van der Waals surface area contributed by atoms with Crippen molar-refractivity contribution in [2.24, 2.45) is 5.92 Å². The van der Waals surface area contributed by atoms with E-state index >= 15 is 0 Å². The summed E-state index contributed by atoms with van der Waals surface area (Å²) in [5.41, 5.74) is 4.08. The average Bonchev–Trinajstić information content (AvgIpc) is 2.74. The average molecular weight is 389 g/mol. The van der Waals surface area contributed by atoms with Gasteiger partial charge in [-0.1, -0.05) is 31.2 Å². The lowest BCUT2D eigenvalue weighted by atomic mass is 9.99. The van der Waals surface area contributed by atoms with Crippen molar-refractivity contribution in [3.8, 4) is 0 Å². The van der Waals surface area contributed by atoms with Crippen LogP contribution < -0.4 is 15.5 Å². The van der Waals surface area contributed by atoms with Crippen molar-refractivity contribution in [1.29, 1.82) is 0 Å². The molecule has 0 bridgehead atoms. The second-order valence-electron chi connectivity index (χ2n) is 8.00. The normalized spacial score (nSPS) is 14.8. The maximum atomic E-state index is 12.4. The number of rotatable bonds is 4. The summed E-state index contributed by atoms with van der Waals surface area (Å²) < 4.78 is 0. The highest BCUT2D eigenvalue weighted by Gasteiger charge is 2.15. The first kappa shape index (κ1) is 19.2. The van der Waals surface area contributed by atoms with E-state index in [2.05, 4.69) is 51.7 Å². The summed E-state index contributed by atoms with van der Waals surface area (Å²) in [4.78, 5) is 19.2. The zero-order valence-corrected chi connectivity index (χ0v) is 17.1. The van der Waals surface area contributed by atoms with Crippen molar-refractivity contribution in [2.75, 3.05) is 23.3 Å². The Labute approximate surface area is 172 Å². The number of benzene rings is 2. The number of aryl methyl sites for hydroxylation is 1. The number of urea groups is 1. The van der Waals surface area contributed by atoms with Crippen LogP contribution in [-0.4, -0.2) is 24.1 Å². The van der Waals surface area contributed by atoms with E-state index in [-0.39, 0.29) is 6.03 Å². The molecule has 2 aromatic carbocycles. The van der Waals surface area contributed by atoms with Gasteiger partial charge >= 0.3 is 6.03 Å². The second-order valence-corrected chi connectivity index (χ2v) is 8.00. The number of hydrogen-bond donors (Lipinski definition) is 2. The molecule has 5 nitrogen and oxygen atoms in total. The molecule has 1 aromatic heterocycles. The van der Waals surface area contributed by atoms with Crippen LogP contribution >= 0.6 is 0 Å². The maximum absolute atomic E-state index is 12.4. The first-order valence-electron chi connectivity index (χ1n) is 10.3. The molecule has 0 saturated carbocycles. The van der Waals surface area contributed by atoms with Gasteiger partial charge in [-0.3, -0.25) is 4.98 Å². The molecule has 2 heterocycles. The Kier molecular flexibility index (Phi) is 5.65. The first-order valence-corrected chi connectivity index (χ1v) is 10.3. The van der Waals surface area contributed by atoms with Crippen LogP contribution in [0.25, 0.3) is 10.8 Å². The Balaban J connectivity index is 1.35. The van der Waals surface area contributed by atoms with Gasteiger partial charge in [0.25, 0.3) is 0 Å². The number of fused-ring (bicyclic) bond motifs is 1. The van der Waals surface area contributed by atoms with Crippen molar-refractivity contribution in [1.82, 2.24) is 10.3 Å². The summed E-state index contributed by atoms with van der Waals surface area (Å²) in [5.74, 6) is 0.829. The third-order valence-corrected chi connectivity index (χ3v) is 5.69. The molecule has 1 aliphatic heterocycles. The topological polar surface area (TPSA) is 57.3 Å². The Hall–Kier alpha value is -3.08. The summed E-state index contributed by atoms with van der Waals surface area (Å²) in [6.45, 7) is 7.02. The molecule has 5 heteroatoms. The quantitative estimate of drug-likeness (QED) is 0.654. The highest BCUT2D eigenvalue weighted by atomic mass is 16.2. The molecule has 1 saturated heterocycles. The van der Waals surface area contributed by atoms with Gasteiger partial charge in [0.15, 0.2) is 0 Å². The Morgan fingerprint density at radius 3 is 2.66 bits per heavy atom. The number of nitrogens with one attached hydrogen (secondary N) is 2.